The molecule has 2 heterocycles. The van der Waals surface area contributed by atoms with Crippen LogP contribution in [0.2, 0.25) is 0 Å². The summed E-state index contributed by atoms with van der Waals surface area (Å²) in [6, 6.07) is 5.86. The number of carbonyl (C=O) groups is 1. The third-order valence-corrected chi connectivity index (χ3v) is 4.23. The molecule has 1 spiro atoms. The number of aliphatic hydroxyl groups is 1. The molecule has 7 heteroatoms. The Kier molecular flexibility index (Phi) is 4.91. The fourth-order valence-corrected chi connectivity index (χ4v) is 3.07. The molecule has 0 aromatic heterocycles. The first-order valence-electron chi connectivity index (χ1n) is 7.73. The zero-order valence-corrected chi connectivity index (χ0v) is 12.9. The minimum atomic E-state index is -0.631. The average Bonchev–Trinajstić information content (AvgIpc) is 2.74. The quantitative estimate of drug-likeness (QED) is 0.864. The van der Waals surface area contributed by atoms with Crippen molar-refractivity contribution in [3.63, 3.8) is 0 Å². The molecular formula is C16H21FN2O4. The SMILES string of the molecule is O=C1CO[C@@]2(COCCN(CCO)C2)CN1c1ccc(F)cc1. The molecule has 0 unspecified atom stereocenters. The first kappa shape index (κ1) is 16.3. The lowest BCUT2D eigenvalue weighted by atomic mass is 10.0. The molecule has 6 nitrogen and oxygen atoms in total. The van der Waals surface area contributed by atoms with Crippen molar-refractivity contribution in [2.24, 2.45) is 0 Å². The predicted molar refractivity (Wildman–Crippen MR) is 81.8 cm³/mol. The van der Waals surface area contributed by atoms with Crippen LogP contribution in [0.1, 0.15) is 0 Å². The van der Waals surface area contributed by atoms with Gasteiger partial charge in [-0.25, -0.2) is 4.39 Å². The highest BCUT2D eigenvalue weighted by Crippen LogP contribution is 2.27. The van der Waals surface area contributed by atoms with Gasteiger partial charge in [0.2, 0.25) is 0 Å². The molecule has 2 fully saturated rings. The van der Waals surface area contributed by atoms with Gasteiger partial charge in [0, 0.05) is 25.3 Å². The van der Waals surface area contributed by atoms with Crippen molar-refractivity contribution in [3.05, 3.63) is 30.1 Å². The van der Waals surface area contributed by atoms with Crippen molar-refractivity contribution in [2.75, 3.05) is 57.5 Å². The smallest absolute Gasteiger partial charge is 0.253 e. The Balaban J connectivity index is 1.80. The number of rotatable bonds is 3. The number of hydrogen-bond donors (Lipinski definition) is 1. The van der Waals surface area contributed by atoms with E-state index in [9.17, 15) is 14.3 Å². The molecule has 23 heavy (non-hydrogen) atoms. The van der Waals surface area contributed by atoms with Gasteiger partial charge in [0.05, 0.1) is 26.4 Å². The maximum Gasteiger partial charge on any atom is 0.253 e. The number of amides is 1. The van der Waals surface area contributed by atoms with Gasteiger partial charge in [0.25, 0.3) is 5.91 Å². The number of hydrogen-bond acceptors (Lipinski definition) is 5. The fraction of sp³-hybridized carbons (Fsp3) is 0.562. The Labute approximate surface area is 134 Å². The zero-order valence-electron chi connectivity index (χ0n) is 12.9. The van der Waals surface area contributed by atoms with E-state index in [1.165, 1.54) is 12.1 Å². The van der Waals surface area contributed by atoms with Crippen LogP contribution in [0.3, 0.4) is 0 Å². The monoisotopic (exact) mass is 324 g/mol. The van der Waals surface area contributed by atoms with Gasteiger partial charge in [-0.1, -0.05) is 0 Å². The summed E-state index contributed by atoms with van der Waals surface area (Å²) in [6.07, 6.45) is 0. The Morgan fingerprint density at radius 2 is 2.04 bits per heavy atom. The van der Waals surface area contributed by atoms with E-state index in [0.717, 1.165) is 6.54 Å². The molecule has 2 saturated heterocycles. The molecule has 1 aromatic rings. The molecule has 1 aromatic carbocycles. The second kappa shape index (κ2) is 6.92. The van der Waals surface area contributed by atoms with Gasteiger partial charge in [0.15, 0.2) is 0 Å². The van der Waals surface area contributed by atoms with Crippen molar-refractivity contribution in [1.82, 2.24) is 4.90 Å². The number of ether oxygens (including phenoxy) is 2. The van der Waals surface area contributed by atoms with Crippen LogP contribution in [0.15, 0.2) is 24.3 Å². The number of morpholine rings is 1. The normalized spacial score (nSPS) is 26.5. The van der Waals surface area contributed by atoms with E-state index in [0.29, 0.717) is 38.5 Å². The highest BCUT2D eigenvalue weighted by atomic mass is 19.1. The van der Waals surface area contributed by atoms with E-state index in [-0.39, 0.29) is 24.9 Å². The lowest BCUT2D eigenvalue weighted by Gasteiger charge is -2.43. The molecule has 126 valence electrons. The summed E-state index contributed by atoms with van der Waals surface area (Å²) < 4.78 is 24.6. The molecule has 2 aliphatic heterocycles. The number of halogens is 1. The Bertz CT molecular complexity index is 554. The number of carbonyl (C=O) groups excluding carboxylic acids is 1. The van der Waals surface area contributed by atoms with Gasteiger partial charge in [0.1, 0.15) is 18.0 Å². The summed E-state index contributed by atoms with van der Waals surface area (Å²) in [5.74, 6) is -0.490. The first-order valence-corrected chi connectivity index (χ1v) is 7.73. The molecule has 3 rings (SSSR count). The van der Waals surface area contributed by atoms with Gasteiger partial charge < -0.3 is 19.5 Å². The topological polar surface area (TPSA) is 62.2 Å². The Morgan fingerprint density at radius 1 is 1.26 bits per heavy atom. The van der Waals surface area contributed by atoms with Gasteiger partial charge in [-0.15, -0.1) is 0 Å². The lowest BCUT2D eigenvalue weighted by Crippen LogP contribution is -2.61. The third kappa shape index (κ3) is 3.69. The molecule has 0 aliphatic carbocycles. The number of β-amino-alcohol motifs (C(OH)–C–C–N with tert-alkyl or cyclic N) is 1. The zero-order chi connectivity index (χ0) is 16.3. The van der Waals surface area contributed by atoms with E-state index in [1.54, 1.807) is 17.0 Å². The summed E-state index contributed by atoms with van der Waals surface area (Å²) in [5, 5.41) is 9.17. The second-order valence-corrected chi connectivity index (χ2v) is 5.98. The summed E-state index contributed by atoms with van der Waals surface area (Å²) in [5.41, 5.74) is 0.0190. The highest BCUT2D eigenvalue weighted by molar-refractivity contribution is 5.95. The minimum absolute atomic E-state index is 0.0340. The highest BCUT2D eigenvalue weighted by Gasteiger charge is 2.43. The minimum Gasteiger partial charge on any atom is -0.395 e. The summed E-state index contributed by atoms with van der Waals surface area (Å²) in [6.45, 7) is 3.17. The molecular weight excluding hydrogens is 303 g/mol. The van der Waals surface area contributed by atoms with Crippen molar-refractivity contribution in [2.45, 2.75) is 5.60 Å². The van der Waals surface area contributed by atoms with Crippen molar-refractivity contribution in [1.29, 1.82) is 0 Å². The van der Waals surface area contributed by atoms with E-state index in [2.05, 4.69) is 4.90 Å². The fourth-order valence-electron chi connectivity index (χ4n) is 3.07. The second-order valence-electron chi connectivity index (χ2n) is 5.98. The van der Waals surface area contributed by atoms with Crippen molar-refractivity contribution < 1.29 is 23.8 Å². The van der Waals surface area contributed by atoms with Crippen LogP contribution in [-0.4, -0.2) is 74.1 Å². The summed E-state index contributed by atoms with van der Waals surface area (Å²) in [4.78, 5) is 15.9. The summed E-state index contributed by atoms with van der Waals surface area (Å²) in [7, 11) is 0. The number of nitrogens with zero attached hydrogens (tertiary/aromatic N) is 2. The van der Waals surface area contributed by atoms with Gasteiger partial charge in [-0.05, 0) is 24.3 Å². The van der Waals surface area contributed by atoms with E-state index >= 15 is 0 Å². The molecule has 2 aliphatic rings. The predicted octanol–water partition coefficient (Wildman–Crippen LogP) is 0.252. The first-order chi connectivity index (χ1) is 11.1. The van der Waals surface area contributed by atoms with Crippen molar-refractivity contribution in [3.8, 4) is 0 Å². The van der Waals surface area contributed by atoms with Crippen LogP contribution in [0.4, 0.5) is 10.1 Å². The molecule has 1 N–H and O–H groups in total. The molecule has 0 bridgehead atoms. The van der Waals surface area contributed by atoms with Crippen molar-refractivity contribution >= 4 is 11.6 Å². The Hall–Kier alpha value is -1.54. The van der Waals surface area contributed by atoms with E-state index < -0.39 is 5.60 Å². The molecule has 0 radical (unpaired) electrons. The van der Waals surface area contributed by atoms with Crippen LogP contribution in [0, 0.1) is 5.82 Å². The van der Waals surface area contributed by atoms with Gasteiger partial charge in [-0.2, -0.15) is 0 Å². The van der Waals surface area contributed by atoms with Crippen LogP contribution in [-0.2, 0) is 14.3 Å². The van der Waals surface area contributed by atoms with Crippen LogP contribution in [0.25, 0.3) is 0 Å². The molecule has 0 saturated carbocycles. The lowest BCUT2D eigenvalue weighted by molar-refractivity contribution is -0.146. The van der Waals surface area contributed by atoms with E-state index in [1.807, 2.05) is 0 Å². The van der Waals surface area contributed by atoms with Crippen LogP contribution >= 0.6 is 0 Å². The van der Waals surface area contributed by atoms with E-state index in [4.69, 9.17) is 9.47 Å². The third-order valence-electron chi connectivity index (χ3n) is 4.23. The molecule has 1 amide bonds. The van der Waals surface area contributed by atoms with Gasteiger partial charge in [-0.3, -0.25) is 9.69 Å². The maximum absolute atomic E-state index is 13.1. The molecule has 1 atom stereocenters. The maximum atomic E-state index is 13.1. The van der Waals surface area contributed by atoms with Crippen LogP contribution < -0.4 is 4.90 Å². The van der Waals surface area contributed by atoms with Crippen LogP contribution in [0.5, 0.6) is 0 Å². The number of benzene rings is 1. The van der Waals surface area contributed by atoms with Gasteiger partial charge >= 0.3 is 0 Å². The standard InChI is InChI=1S/C16H21FN2O4/c17-13-1-3-14(4-2-13)19-11-16(23-9-15(19)21)10-18(5-7-20)6-8-22-12-16/h1-4,20H,5-12H2/t16-/m1/s1. The largest absolute Gasteiger partial charge is 0.395 e. The number of anilines is 1. The Morgan fingerprint density at radius 3 is 2.78 bits per heavy atom. The average molecular weight is 324 g/mol. The summed E-state index contributed by atoms with van der Waals surface area (Å²) >= 11 is 0. The number of aliphatic hydroxyl groups excluding tert-OH is 1.